The first-order valence-corrected chi connectivity index (χ1v) is 8.17. The third-order valence-corrected chi connectivity index (χ3v) is 4.17. The van der Waals surface area contributed by atoms with Crippen molar-refractivity contribution in [2.24, 2.45) is 4.99 Å². The highest BCUT2D eigenvalue weighted by Gasteiger charge is 2.24. The second-order valence-corrected chi connectivity index (χ2v) is 5.97. The Labute approximate surface area is 140 Å². The number of aliphatic imine (C=N–C) groups is 1. The molecule has 3 rings (SSSR count). The molecule has 128 valence electrons. The van der Waals surface area contributed by atoms with Crippen LogP contribution in [0, 0.1) is 18.6 Å². The molecule has 0 fully saturated rings. The number of fused-ring (bicyclic) bond motifs is 1. The first kappa shape index (κ1) is 16.8. The van der Waals surface area contributed by atoms with E-state index >= 15 is 0 Å². The molecular formula is C18H21F2N3O. The molecule has 0 spiro atoms. The van der Waals surface area contributed by atoms with Crippen molar-refractivity contribution >= 4 is 5.71 Å². The summed E-state index contributed by atoms with van der Waals surface area (Å²) in [6.45, 7) is 3.31. The number of benzene rings is 1. The first-order valence-electron chi connectivity index (χ1n) is 8.17. The van der Waals surface area contributed by atoms with E-state index < -0.39 is 11.6 Å². The molecule has 0 unspecified atom stereocenters. The SMILES string of the molecule is COCCC/N=C1\CCCc2c1c(C)nn2-c1cc(F)cc(F)c1. The van der Waals surface area contributed by atoms with Crippen molar-refractivity contribution < 1.29 is 13.5 Å². The van der Waals surface area contributed by atoms with Gasteiger partial charge < -0.3 is 4.74 Å². The number of hydrogen-bond acceptors (Lipinski definition) is 3. The van der Waals surface area contributed by atoms with E-state index in [1.165, 1.54) is 12.1 Å². The smallest absolute Gasteiger partial charge is 0.128 e. The highest BCUT2D eigenvalue weighted by molar-refractivity contribution is 6.03. The van der Waals surface area contributed by atoms with Gasteiger partial charge in [0.1, 0.15) is 11.6 Å². The predicted molar refractivity (Wildman–Crippen MR) is 89.1 cm³/mol. The van der Waals surface area contributed by atoms with Gasteiger partial charge >= 0.3 is 0 Å². The van der Waals surface area contributed by atoms with E-state index in [-0.39, 0.29) is 0 Å². The van der Waals surface area contributed by atoms with Gasteiger partial charge in [-0.2, -0.15) is 5.10 Å². The Balaban J connectivity index is 1.98. The number of aryl methyl sites for hydroxylation is 1. The molecule has 0 aliphatic heterocycles. The maximum atomic E-state index is 13.6. The summed E-state index contributed by atoms with van der Waals surface area (Å²) in [6.07, 6.45) is 3.56. The molecule has 0 N–H and O–H groups in total. The van der Waals surface area contributed by atoms with Crippen LogP contribution < -0.4 is 0 Å². The lowest BCUT2D eigenvalue weighted by molar-refractivity contribution is 0.197. The number of rotatable bonds is 5. The molecule has 0 amide bonds. The molecule has 0 bridgehead atoms. The van der Waals surface area contributed by atoms with Crippen LogP contribution in [0.2, 0.25) is 0 Å². The number of nitrogens with zero attached hydrogens (tertiary/aromatic N) is 3. The molecule has 0 saturated carbocycles. The Morgan fingerprint density at radius 1 is 1.21 bits per heavy atom. The molecule has 0 atom stereocenters. The average Bonchev–Trinajstić information content (AvgIpc) is 2.89. The molecule has 1 heterocycles. The van der Waals surface area contributed by atoms with Crippen molar-refractivity contribution in [1.29, 1.82) is 0 Å². The van der Waals surface area contributed by atoms with Crippen LogP contribution >= 0.6 is 0 Å². The Bertz CT molecular complexity index is 748. The van der Waals surface area contributed by atoms with Gasteiger partial charge in [0.2, 0.25) is 0 Å². The zero-order valence-corrected chi connectivity index (χ0v) is 14.0. The molecule has 0 saturated heterocycles. The highest BCUT2D eigenvalue weighted by atomic mass is 19.1. The summed E-state index contributed by atoms with van der Waals surface area (Å²) in [5.41, 5.74) is 4.31. The lowest BCUT2D eigenvalue weighted by Gasteiger charge is -2.17. The second kappa shape index (κ2) is 7.21. The summed E-state index contributed by atoms with van der Waals surface area (Å²) < 4.78 is 33.8. The molecular weight excluding hydrogens is 312 g/mol. The summed E-state index contributed by atoms with van der Waals surface area (Å²) >= 11 is 0. The monoisotopic (exact) mass is 333 g/mol. The Hall–Kier alpha value is -2.08. The van der Waals surface area contributed by atoms with E-state index in [0.29, 0.717) is 18.8 Å². The predicted octanol–water partition coefficient (Wildman–Crippen LogP) is 3.62. The minimum absolute atomic E-state index is 0.414. The van der Waals surface area contributed by atoms with Gasteiger partial charge in [-0.25, -0.2) is 13.5 Å². The van der Waals surface area contributed by atoms with Crippen molar-refractivity contribution in [2.75, 3.05) is 20.3 Å². The molecule has 1 aliphatic carbocycles. The van der Waals surface area contributed by atoms with Crippen molar-refractivity contribution in [3.63, 3.8) is 0 Å². The van der Waals surface area contributed by atoms with Gasteiger partial charge in [-0.05, 0) is 44.7 Å². The van der Waals surface area contributed by atoms with Crippen LogP contribution in [0.3, 0.4) is 0 Å². The summed E-state index contributed by atoms with van der Waals surface area (Å²) in [7, 11) is 1.68. The molecule has 6 heteroatoms. The van der Waals surface area contributed by atoms with Crippen LogP contribution in [-0.4, -0.2) is 35.8 Å². The fraction of sp³-hybridized carbons (Fsp3) is 0.444. The van der Waals surface area contributed by atoms with E-state index in [1.54, 1.807) is 11.8 Å². The third kappa shape index (κ3) is 3.38. The maximum absolute atomic E-state index is 13.6. The molecule has 1 aliphatic rings. The number of aromatic nitrogens is 2. The van der Waals surface area contributed by atoms with E-state index in [2.05, 4.69) is 5.10 Å². The van der Waals surface area contributed by atoms with Crippen LogP contribution in [0.4, 0.5) is 8.78 Å². The van der Waals surface area contributed by atoms with Gasteiger partial charge in [-0.1, -0.05) is 0 Å². The van der Waals surface area contributed by atoms with Gasteiger partial charge in [0.15, 0.2) is 0 Å². The largest absolute Gasteiger partial charge is 0.385 e. The number of methoxy groups -OCH3 is 1. The van der Waals surface area contributed by atoms with Crippen LogP contribution in [-0.2, 0) is 11.2 Å². The molecule has 24 heavy (non-hydrogen) atoms. The van der Waals surface area contributed by atoms with Gasteiger partial charge in [0.25, 0.3) is 0 Å². The number of hydrogen-bond donors (Lipinski definition) is 0. The summed E-state index contributed by atoms with van der Waals surface area (Å²) in [6, 6.07) is 3.48. The van der Waals surface area contributed by atoms with E-state index in [9.17, 15) is 8.78 Å². The standard InChI is InChI=1S/C18H21F2N3O/c1-12-18-16(21-7-4-8-24-2)5-3-6-17(18)23(22-12)15-10-13(19)9-14(20)11-15/h9-11H,3-8H2,1-2H3/b21-16+. The molecule has 2 aromatic rings. The Morgan fingerprint density at radius 2 is 1.96 bits per heavy atom. The molecule has 1 aromatic heterocycles. The molecule has 4 nitrogen and oxygen atoms in total. The Kier molecular flexibility index (Phi) is 5.04. The number of ether oxygens (including phenoxy) is 1. The van der Waals surface area contributed by atoms with Crippen LogP contribution in [0.5, 0.6) is 0 Å². The van der Waals surface area contributed by atoms with Crippen LogP contribution in [0.15, 0.2) is 23.2 Å². The fourth-order valence-electron chi connectivity index (χ4n) is 3.19. The fourth-order valence-corrected chi connectivity index (χ4v) is 3.19. The first-order chi connectivity index (χ1) is 11.6. The second-order valence-electron chi connectivity index (χ2n) is 5.97. The van der Waals surface area contributed by atoms with Crippen molar-refractivity contribution in [3.8, 4) is 5.69 Å². The van der Waals surface area contributed by atoms with E-state index in [4.69, 9.17) is 9.73 Å². The maximum Gasteiger partial charge on any atom is 0.128 e. The minimum Gasteiger partial charge on any atom is -0.385 e. The summed E-state index contributed by atoms with van der Waals surface area (Å²) in [5, 5.41) is 4.52. The van der Waals surface area contributed by atoms with Crippen molar-refractivity contribution in [2.45, 2.75) is 32.6 Å². The quantitative estimate of drug-likeness (QED) is 0.784. The summed E-state index contributed by atoms with van der Waals surface area (Å²) in [4.78, 5) is 4.70. The number of halogens is 2. The van der Waals surface area contributed by atoms with Crippen LogP contribution in [0.25, 0.3) is 5.69 Å². The van der Waals surface area contributed by atoms with Crippen molar-refractivity contribution in [1.82, 2.24) is 9.78 Å². The highest BCUT2D eigenvalue weighted by Crippen LogP contribution is 2.27. The van der Waals surface area contributed by atoms with Gasteiger partial charge in [-0.3, -0.25) is 4.99 Å². The lowest BCUT2D eigenvalue weighted by atomic mass is 9.93. The minimum atomic E-state index is -0.601. The third-order valence-electron chi connectivity index (χ3n) is 4.17. The van der Waals surface area contributed by atoms with Gasteiger partial charge in [0.05, 0.1) is 17.1 Å². The lowest BCUT2D eigenvalue weighted by Crippen LogP contribution is -2.15. The van der Waals surface area contributed by atoms with E-state index in [1.807, 2.05) is 6.92 Å². The molecule has 0 radical (unpaired) electrons. The molecule has 1 aromatic carbocycles. The topological polar surface area (TPSA) is 39.4 Å². The zero-order chi connectivity index (χ0) is 17.1. The Morgan fingerprint density at radius 3 is 2.67 bits per heavy atom. The van der Waals surface area contributed by atoms with E-state index in [0.717, 1.165) is 54.4 Å². The average molecular weight is 333 g/mol. The summed E-state index contributed by atoms with van der Waals surface area (Å²) in [5.74, 6) is -1.20. The van der Waals surface area contributed by atoms with Crippen LogP contribution in [0.1, 0.15) is 36.2 Å². The van der Waals surface area contributed by atoms with Gasteiger partial charge in [-0.15, -0.1) is 0 Å². The normalized spacial score (nSPS) is 15.8. The zero-order valence-electron chi connectivity index (χ0n) is 14.0. The van der Waals surface area contributed by atoms with Gasteiger partial charge in [0, 0.05) is 37.6 Å². The van der Waals surface area contributed by atoms with Crippen molar-refractivity contribution in [3.05, 3.63) is 46.8 Å².